The van der Waals surface area contributed by atoms with E-state index in [1.54, 1.807) is 6.07 Å². The number of rotatable bonds is 11. The fourth-order valence-electron chi connectivity index (χ4n) is 5.89. The third kappa shape index (κ3) is 7.79. The molecular formula is C29H41F2NO2. The molecule has 2 aliphatic carbocycles. The van der Waals surface area contributed by atoms with Gasteiger partial charge in [0.2, 0.25) is 5.82 Å². The van der Waals surface area contributed by atoms with Gasteiger partial charge in [-0.1, -0.05) is 84.0 Å². The van der Waals surface area contributed by atoms with Gasteiger partial charge in [0.05, 0.1) is 11.5 Å². The van der Waals surface area contributed by atoms with Crippen molar-refractivity contribution in [2.75, 3.05) is 0 Å². The summed E-state index contributed by atoms with van der Waals surface area (Å²) in [4.78, 5) is 12.5. The maximum absolute atomic E-state index is 14.0. The Hall–Kier alpha value is -1.96. The highest BCUT2D eigenvalue weighted by Crippen LogP contribution is 2.38. The van der Waals surface area contributed by atoms with Crippen molar-refractivity contribution in [3.05, 3.63) is 29.3 Å². The van der Waals surface area contributed by atoms with E-state index in [2.05, 4.69) is 6.92 Å². The predicted molar refractivity (Wildman–Crippen MR) is 130 cm³/mol. The second kappa shape index (κ2) is 13.8. The molecule has 0 spiro atoms. The standard InChI is InChI=1S/C29H41F2NO2/c1-2-3-4-5-6-7-21-8-10-22(11-9-21)12-13-23-14-16-24(17-15-23)29(33)34-26-19-18-25(20-32)27(30)28(26)31/h18-19,21-24H,2-17H2,1H3/t21-,22-,23-,24-. The second-order valence-corrected chi connectivity index (χ2v) is 10.7. The summed E-state index contributed by atoms with van der Waals surface area (Å²) >= 11 is 0. The number of benzene rings is 1. The van der Waals surface area contributed by atoms with Gasteiger partial charge in [0, 0.05) is 0 Å². The minimum atomic E-state index is -1.27. The highest BCUT2D eigenvalue weighted by molar-refractivity contribution is 5.75. The molecule has 0 unspecified atom stereocenters. The average molecular weight is 474 g/mol. The Balaban J connectivity index is 1.31. The van der Waals surface area contributed by atoms with Crippen molar-refractivity contribution in [3.63, 3.8) is 0 Å². The van der Waals surface area contributed by atoms with E-state index in [1.165, 1.54) is 77.0 Å². The molecule has 0 amide bonds. The minimum Gasteiger partial charge on any atom is -0.423 e. The topological polar surface area (TPSA) is 50.1 Å². The van der Waals surface area contributed by atoms with E-state index in [1.807, 2.05) is 0 Å². The number of carbonyl (C=O) groups excluding carboxylic acids is 1. The Morgan fingerprint density at radius 3 is 2.00 bits per heavy atom. The van der Waals surface area contributed by atoms with Gasteiger partial charge in [0.25, 0.3) is 0 Å². The highest BCUT2D eigenvalue weighted by atomic mass is 19.2. The molecule has 0 radical (unpaired) electrons. The van der Waals surface area contributed by atoms with Crippen molar-refractivity contribution in [1.82, 2.24) is 0 Å². The van der Waals surface area contributed by atoms with Gasteiger partial charge in [-0.05, 0) is 55.6 Å². The van der Waals surface area contributed by atoms with E-state index < -0.39 is 28.9 Å². The van der Waals surface area contributed by atoms with Gasteiger partial charge in [-0.15, -0.1) is 0 Å². The van der Waals surface area contributed by atoms with Crippen LogP contribution < -0.4 is 4.74 Å². The van der Waals surface area contributed by atoms with Crippen molar-refractivity contribution in [2.24, 2.45) is 23.7 Å². The third-order valence-electron chi connectivity index (χ3n) is 8.22. The normalized spacial score (nSPS) is 25.0. The minimum absolute atomic E-state index is 0.262. The predicted octanol–water partition coefficient (Wildman–Crippen LogP) is 8.50. The van der Waals surface area contributed by atoms with E-state index >= 15 is 0 Å². The van der Waals surface area contributed by atoms with Gasteiger partial charge in [-0.2, -0.15) is 9.65 Å². The van der Waals surface area contributed by atoms with Crippen LogP contribution in [0.2, 0.25) is 0 Å². The molecule has 2 aliphatic rings. The van der Waals surface area contributed by atoms with Crippen LogP contribution >= 0.6 is 0 Å². The smallest absolute Gasteiger partial charge is 0.314 e. The second-order valence-electron chi connectivity index (χ2n) is 10.7. The van der Waals surface area contributed by atoms with Crippen LogP contribution in [0.25, 0.3) is 0 Å². The monoisotopic (exact) mass is 473 g/mol. The molecular weight excluding hydrogens is 432 g/mol. The van der Waals surface area contributed by atoms with Gasteiger partial charge in [0.15, 0.2) is 11.6 Å². The molecule has 2 fully saturated rings. The largest absolute Gasteiger partial charge is 0.423 e. The van der Waals surface area contributed by atoms with Crippen LogP contribution in [0.5, 0.6) is 5.75 Å². The number of hydrogen-bond acceptors (Lipinski definition) is 3. The summed E-state index contributed by atoms with van der Waals surface area (Å²) in [6, 6.07) is 3.87. The Kier molecular flexibility index (Phi) is 10.8. The molecule has 0 aromatic heterocycles. The van der Waals surface area contributed by atoms with E-state index in [9.17, 15) is 13.6 Å². The SMILES string of the molecule is CCCCCCC[C@H]1CC[C@H](CC[C@H]2CC[C@H](C(=O)Oc3ccc(C#N)c(F)c3F)CC2)CC1. The first-order valence-corrected chi connectivity index (χ1v) is 13.6. The summed E-state index contributed by atoms with van der Waals surface area (Å²) in [6.07, 6.45) is 19.9. The van der Waals surface area contributed by atoms with Crippen LogP contribution in [0.3, 0.4) is 0 Å². The van der Waals surface area contributed by atoms with Crippen LogP contribution in [0.4, 0.5) is 8.78 Å². The fourth-order valence-corrected chi connectivity index (χ4v) is 5.89. The van der Waals surface area contributed by atoms with Crippen LogP contribution in [0, 0.1) is 46.6 Å². The van der Waals surface area contributed by atoms with Crippen LogP contribution in [-0.4, -0.2) is 5.97 Å². The number of nitriles is 1. The zero-order valence-corrected chi connectivity index (χ0v) is 20.8. The van der Waals surface area contributed by atoms with E-state index in [0.29, 0.717) is 5.92 Å². The summed E-state index contributed by atoms with van der Waals surface area (Å²) in [7, 11) is 0. The van der Waals surface area contributed by atoms with Crippen molar-refractivity contribution >= 4 is 5.97 Å². The Labute approximate surface area is 204 Å². The number of carbonyl (C=O) groups is 1. The quantitative estimate of drug-likeness (QED) is 0.184. The Bertz CT molecular complexity index is 818. The molecule has 188 valence electrons. The summed E-state index contributed by atoms with van der Waals surface area (Å²) < 4.78 is 33.0. The summed E-state index contributed by atoms with van der Waals surface area (Å²) in [5.41, 5.74) is -0.395. The lowest BCUT2D eigenvalue weighted by molar-refractivity contribution is -0.140. The molecule has 3 rings (SSSR count). The van der Waals surface area contributed by atoms with Crippen molar-refractivity contribution in [2.45, 2.75) is 110 Å². The molecule has 0 saturated heterocycles. The van der Waals surface area contributed by atoms with Crippen LogP contribution in [-0.2, 0) is 4.79 Å². The fraction of sp³-hybridized carbons (Fsp3) is 0.724. The molecule has 5 heteroatoms. The first-order valence-electron chi connectivity index (χ1n) is 13.6. The van der Waals surface area contributed by atoms with Gasteiger partial charge < -0.3 is 4.74 Å². The molecule has 0 heterocycles. The van der Waals surface area contributed by atoms with Crippen molar-refractivity contribution < 1.29 is 18.3 Å². The van der Waals surface area contributed by atoms with E-state index in [0.717, 1.165) is 49.7 Å². The van der Waals surface area contributed by atoms with Crippen molar-refractivity contribution in [3.8, 4) is 11.8 Å². The molecule has 1 aromatic rings. The molecule has 0 N–H and O–H groups in total. The first kappa shape index (κ1) is 26.6. The third-order valence-corrected chi connectivity index (χ3v) is 8.22. The van der Waals surface area contributed by atoms with E-state index in [4.69, 9.17) is 10.00 Å². The van der Waals surface area contributed by atoms with Gasteiger partial charge in [-0.25, -0.2) is 4.39 Å². The lowest BCUT2D eigenvalue weighted by atomic mass is 9.75. The molecule has 1 aromatic carbocycles. The summed E-state index contributed by atoms with van der Waals surface area (Å²) in [6.45, 7) is 2.27. The van der Waals surface area contributed by atoms with Crippen molar-refractivity contribution in [1.29, 1.82) is 5.26 Å². The highest BCUT2D eigenvalue weighted by Gasteiger charge is 2.30. The van der Waals surface area contributed by atoms with E-state index in [-0.39, 0.29) is 5.92 Å². The molecule has 2 saturated carbocycles. The lowest BCUT2D eigenvalue weighted by Crippen LogP contribution is -2.26. The first-order chi connectivity index (χ1) is 16.5. The lowest BCUT2D eigenvalue weighted by Gasteiger charge is -2.31. The number of halogens is 2. The Morgan fingerprint density at radius 1 is 0.853 bits per heavy atom. The van der Waals surface area contributed by atoms with Gasteiger partial charge >= 0.3 is 5.97 Å². The van der Waals surface area contributed by atoms with Crippen LogP contribution in [0.15, 0.2) is 12.1 Å². The zero-order chi connectivity index (χ0) is 24.3. The number of hydrogen-bond donors (Lipinski definition) is 0. The maximum Gasteiger partial charge on any atom is 0.314 e. The molecule has 0 bridgehead atoms. The number of unbranched alkanes of at least 4 members (excludes halogenated alkanes) is 4. The molecule has 0 aliphatic heterocycles. The summed E-state index contributed by atoms with van der Waals surface area (Å²) in [5.74, 6) is -1.24. The Morgan fingerprint density at radius 2 is 1.41 bits per heavy atom. The molecule has 3 nitrogen and oxygen atoms in total. The van der Waals surface area contributed by atoms with Gasteiger partial charge in [-0.3, -0.25) is 4.79 Å². The summed E-state index contributed by atoms with van der Waals surface area (Å²) in [5, 5.41) is 8.77. The molecule has 34 heavy (non-hydrogen) atoms. The maximum atomic E-state index is 14.0. The number of esters is 1. The number of nitrogens with zero attached hydrogens (tertiary/aromatic N) is 1. The van der Waals surface area contributed by atoms with Gasteiger partial charge in [0.1, 0.15) is 6.07 Å². The molecule has 0 atom stereocenters. The average Bonchev–Trinajstić information content (AvgIpc) is 2.86. The van der Waals surface area contributed by atoms with Crippen LogP contribution in [0.1, 0.15) is 115 Å². The zero-order valence-electron chi connectivity index (χ0n) is 20.8. The number of ether oxygens (including phenoxy) is 1.